The molecule has 0 spiro atoms. The lowest BCUT2D eigenvalue weighted by Gasteiger charge is -2.19. The minimum absolute atomic E-state index is 0.388. The van der Waals surface area contributed by atoms with Gasteiger partial charge in [-0.05, 0) is 58.2 Å². The minimum atomic E-state index is -0.988. The number of methoxy groups -OCH3 is 2. The summed E-state index contributed by atoms with van der Waals surface area (Å²) in [5, 5.41) is 10.6. The third kappa shape index (κ3) is 3.04. The molecule has 2 aromatic carbocycles. The number of ether oxygens (including phenoxy) is 2. The second kappa shape index (κ2) is 6.45. The van der Waals surface area contributed by atoms with Crippen LogP contribution in [0.1, 0.15) is 22.8 Å². The van der Waals surface area contributed by atoms with E-state index in [0.717, 1.165) is 5.56 Å². The van der Waals surface area contributed by atoms with Gasteiger partial charge in [0.05, 0.1) is 14.2 Å². The standard InChI is InChI=1S/C16H16BrFO3/c1-9-4-5-10(18)8-12(9)15(19)11-6-7-13(20-2)14(17)16(11)21-3/h4-8,15,19H,1-3H3. The number of halogens is 2. The predicted octanol–water partition coefficient (Wildman–Crippen LogP) is 4.00. The number of aliphatic hydroxyl groups excluding tert-OH is 1. The van der Waals surface area contributed by atoms with Gasteiger partial charge in [-0.25, -0.2) is 4.39 Å². The molecule has 3 nitrogen and oxygen atoms in total. The smallest absolute Gasteiger partial charge is 0.142 e. The van der Waals surface area contributed by atoms with Crippen molar-refractivity contribution in [3.8, 4) is 11.5 Å². The quantitative estimate of drug-likeness (QED) is 0.901. The molecular weight excluding hydrogens is 339 g/mol. The van der Waals surface area contributed by atoms with E-state index in [-0.39, 0.29) is 5.82 Å². The van der Waals surface area contributed by atoms with Gasteiger partial charge in [-0.3, -0.25) is 0 Å². The molecular formula is C16H16BrFO3. The molecule has 2 rings (SSSR count). The van der Waals surface area contributed by atoms with Crippen molar-refractivity contribution in [3.05, 3.63) is 57.3 Å². The molecule has 0 heterocycles. The fourth-order valence-electron chi connectivity index (χ4n) is 2.21. The molecule has 5 heteroatoms. The fraction of sp³-hybridized carbons (Fsp3) is 0.250. The van der Waals surface area contributed by atoms with Gasteiger partial charge in [0, 0.05) is 5.56 Å². The van der Waals surface area contributed by atoms with Gasteiger partial charge < -0.3 is 14.6 Å². The lowest BCUT2D eigenvalue weighted by Crippen LogP contribution is -2.06. The van der Waals surface area contributed by atoms with Crippen molar-refractivity contribution in [1.82, 2.24) is 0 Å². The lowest BCUT2D eigenvalue weighted by molar-refractivity contribution is 0.213. The van der Waals surface area contributed by atoms with Gasteiger partial charge in [-0.1, -0.05) is 6.07 Å². The van der Waals surface area contributed by atoms with Crippen molar-refractivity contribution >= 4 is 15.9 Å². The van der Waals surface area contributed by atoms with Gasteiger partial charge in [0.15, 0.2) is 0 Å². The van der Waals surface area contributed by atoms with Gasteiger partial charge in [0.25, 0.3) is 0 Å². The van der Waals surface area contributed by atoms with Gasteiger partial charge in [-0.15, -0.1) is 0 Å². The summed E-state index contributed by atoms with van der Waals surface area (Å²) in [4.78, 5) is 0. The summed E-state index contributed by atoms with van der Waals surface area (Å²) in [5.74, 6) is 0.672. The van der Waals surface area contributed by atoms with E-state index in [1.807, 2.05) is 6.92 Å². The third-order valence-electron chi connectivity index (χ3n) is 3.35. The Morgan fingerprint density at radius 3 is 2.43 bits per heavy atom. The van der Waals surface area contributed by atoms with Gasteiger partial charge >= 0.3 is 0 Å². The average Bonchev–Trinajstić information content (AvgIpc) is 2.48. The van der Waals surface area contributed by atoms with E-state index < -0.39 is 6.10 Å². The van der Waals surface area contributed by atoms with Gasteiger partial charge in [-0.2, -0.15) is 0 Å². The van der Waals surface area contributed by atoms with Crippen molar-refractivity contribution in [2.75, 3.05) is 14.2 Å². The van der Waals surface area contributed by atoms with Crippen LogP contribution in [0.25, 0.3) is 0 Å². The van der Waals surface area contributed by atoms with Crippen molar-refractivity contribution in [1.29, 1.82) is 0 Å². The van der Waals surface area contributed by atoms with Gasteiger partial charge in [0.2, 0.25) is 0 Å². The maximum Gasteiger partial charge on any atom is 0.142 e. The van der Waals surface area contributed by atoms with Gasteiger partial charge in [0.1, 0.15) is 27.9 Å². The molecule has 0 radical (unpaired) electrons. The molecule has 0 saturated heterocycles. The first-order valence-electron chi connectivity index (χ1n) is 6.34. The Balaban J connectivity index is 2.55. The number of aliphatic hydroxyl groups is 1. The van der Waals surface area contributed by atoms with Crippen LogP contribution in [0.15, 0.2) is 34.8 Å². The third-order valence-corrected chi connectivity index (χ3v) is 4.10. The monoisotopic (exact) mass is 354 g/mol. The van der Waals surface area contributed by atoms with Crippen molar-refractivity contribution in [3.63, 3.8) is 0 Å². The zero-order valence-corrected chi connectivity index (χ0v) is 13.6. The van der Waals surface area contributed by atoms with Crippen LogP contribution < -0.4 is 9.47 Å². The van der Waals surface area contributed by atoms with Crippen molar-refractivity contribution < 1.29 is 19.0 Å². The summed E-state index contributed by atoms with van der Waals surface area (Å²) in [6.45, 7) is 1.82. The van der Waals surface area contributed by atoms with Crippen LogP contribution in [-0.4, -0.2) is 19.3 Å². The highest BCUT2D eigenvalue weighted by molar-refractivity contribution is 9.10. The molecule has 0 aromatic heterocycles. The Labute approximate surface area is 131 Å². The molecule has 112 valence electrons. The van der Waals surface area contributed by atoms with Crippen LogP contribution in [0.2, 0.25) is 0 Å². The fourth-order valence-corrected chi connectivity index (χ4v) is 2.89. The largest absolute Gasteiger partial charge is 0.495 e. The van der Waals surface area contributed by atoms with Crippen LogP contribution in [0.5, 0.6) is 11.5 Å². The molecule has 1 atom stereocenters. The zero-order valence-electron chi connectivity index (χ0n) is 12.0. The van der Waals surface area contributed by atoms with Crippen molar-refractivity contribution in [2.24, 2.45) is 0 Å². The number of aryl methyl sites for hydroxylation is 1. The first kappa shape index (κ1) is 15.8. The Hall–Kier alpha value is -1.59. The van der Waals surface area contributed by atoms with E-state index in [4.69, 9.17) is 9.47 Å². The normalized spacial score (nSPS) is 12.1. The molecule has 1 unspecified atom stereocenters. The summed E-state index contributed by atoms with van der Waals surface area (Å²) < 4.78 is 24.6. The molecule has 0 aliphatic heterocycles. The van der Waals surface area contributed by atoms with Crippen LogP contribution >= 0.6 is 15.9 Å². The first-order valence-corrected chi connectivity index (χ1v) is 7.13. The Kier molecular flexibility index (Phi) is 4.85. The highest BCUT2D eigenvalue weighted by Gasteiger charge is 2.21. The molecule has 0 amide bonds. The molecule has 0 aliphatic carbocycles. The Morgan fingerprint density at radius 1 is 1.10 bits per heavy atom. The van der Waals surface area contributed by atoms with E-state index in [2.05, 4.69) is 15.9 Å². The van der Waals surface area contributed by atoms with E-state index in [1.54, 1.807) is 25.3 Å². The predicted molar refractivity (Wildman–Crippen MR) is 82.4 cm³/mol. The molecule has 0 fully saturated rings. The molecule has 0 aliphatic rings. The highest BCUT2D eigenvalue weighted by Crippen LogP contribution is 2.41. The Morgan fingerprint density at radius 2 is 1.81 bits per heavy atom. The molecule has 1 N–H and O–H groups in total. The number of hydrogen-bond acceptors (Lipinski definition) is 3. The van der Waals surface area contributed by atoms with Crippen LogP contribution in [-0.2, 0) is 0 Å². The summed E-state index contributed by atoms with van der Waals surface area (Å²) >= 11 is 3.39. The topological polar surface area (TPSA) is 38.7 Å². The first-order chi connectivity index (χ1) is 9.99. The zero-order chi connectivity index (χ0) is 15.6. The molecule has 0 bridgehead atoms. The summed E-state index contributed by atoms with van der Waals surface area (Å²) in [5.41, 5.74) is 1.85. The maximum atomic E-state index is 13.4. The average molecular weight is 355 g/mol. The molecule has 21 heavy (non-hydrogen) atoms. The lowest BCUT2D eigenvalue weighted by atomic mass is 9.96. The molecule has 0 saturated carbocycles. The molecule has 2 aromatic rings. The SMILES string of the molecule is COc1ccc(C(O)c2cc(F)ccc2C)c(OC)c1Br. The number of benzene rings is 2. The highest BCUT2D eigenvalue weighted by atomic mass is 79.9. The van der Waals surface area contributed by atoms with Crippen LogP contribution in [0.3, 0.4) is 0 Å². The summed E-state index contributed by atoms with van der Waals surface area (Å²) in [6.07, 6.45) is -0.988. The Bertz CT molecular complexity index is 658. The van der Waals surface area contributed by atoms with E-state index in [0.29, 0.717) is 27.1 Å². The maximum absolute atomic E-state index is 13.4. The van der Waals surface area contributed by atoms with Crippen molar-refractivity contribution in [2.45, 2.75) is 13.0 Å². The minimum Gasteiger partial charge on any atom is -0.495 e. The summed E-state index contributed by atoms with van der Waals surface area (Å²) in [7, 11) is 3.06. The second-order valence-corrected chi connectivity index (χ2v) is 5.40. The number of hydrogen-bond donors (Lipinski definition) is 1. The number of rotatable bonds is 4. The second-order valence-electron chi connectivity index (χ2n) is 4.61. The van der Waals surface area contributed by atoms with E-state index in [9.17, 15) is 9.50 Å². The van der Waals surface area contributed by atoms with E-state index in [1.165, 1.54) is 19.2 Å². The van der Waals surface area contributed by atoms with E-state index >= 15 is 0 Å². The summed E-state index contributed by atoms with van der Waals surface area (Å²) in [6, 6.07) is 7.76. The van der Waals surface area contributed by atoms with Crippen LogP contribution in [0.4, 0.5) is 4.39 Å². The van der Waals surface area contributed by atoms with Crippen LogP contribution in [0, 0.1) is 12.7 Å².